The third kappa shape index (κ3) is 5.27. The second-order valence-electron chi connectivity index (χ2n) is 6.82. The minimum Gasteiger partial charge on any atom is -0.466 e. The molecular weight excluding hydrogens is 462 g/mol. The average Bonchev–Trinajstić information content (AvgIpc) is 3.15. The lowest BCUT2D eigenvalue weighted by Gasteiger charge is -2.30. The summed E-state index contributed by atoms with van der Waals surface area (Å²) in [6.07, 6.45) is 1.37. The van der Waals surface area contributed by atoms with Gasteiger partial charge in [0.05, 0.1) is 17.4 Å². The number of piperidine rings is 1. The maximum atomic E-state index is 12.7. The molecule has 0 saturated carbocycles. The van der Waals surface area contributed by atoms with E-state index in [1.165, 1.54) is 24.3 Å². The van der Waals surface area contributed by atoms with Crippen molar-refractivity contribution in [3.8, 4) is 0 Å². The molecule has 0 N–H and O–H groups in total. The summed E-state index contributed by atoms with van der Waals surface area (Å²) in [5.41, 5.74) is 0. The van der Waals surface area contributed by atoms with Crippen molar-refractivity contribution in [2.75, 3.05) is 19.7 Å². The Morgan fingerprint density at radius 3 is 2.62 bits per heavy atom. The zero-order valence-electron chi connectivity index (χ0n) is 16.0. The second kappa shape index (κ2) is 9.13. The largest absolute Gasteiger partial charge is 0.466 e. The van der Waals surface area contributed by atoms with E-state index in [-0.39, 0.29) is 46.5 Å². The lowest BCUT2D eigenvalue weighted by atomic mass is 9.98. The maximum Gasteiger partial charge on any atom is 0.310 e. The van der Waals surface area contributed by atoms with E-state index < -0.39 is 9.84 Å². The normalized spacial score (nSPS) is 17.2. The maximum absolute atomic E-state index is 12.7. The van der Waals surface area contributed by atoms with Gasteiger partial charge in [-0.2, -0.15) is 0 Å². The third-order valence-corrected chi connectivity index (χ3v) is 6.89. The fraction of sp³-hybridized carbons (Fsp3) is 0.400. The van der Waals surface area contributed by atoms with Crippen molar-refractivity contribution in [2.24, 2.45) is 5.92 Å². The summed E-state index contributed by atoms with van der Waals surface area (Å²) in [5.74, 6) is -1.09. The van der Waals surface area contributed by atoms with Crippen LogP contribution in [0.15, 0.2) is 50.2 Å². The number of nitrogens with zero attached hydrogens (tertiary/aromatic N) is 1. The summed E-state index contributed by atoms with van der Waals surface area (Å²) < 4.78 is 36.5. The quantitative estimate of drug-likeness (QED) is 0.584. The number of esters is 1. The molecule has 3 rings (SSSR count). The average molecular weight is 484 g/mol. The van der Waals surface area contributed by atoms with Gasteiger partial charge in [0.1, 0.15) is 11.5 Å². The number of amides is 1. The molecule has 29 heavy (non-hydrogen) atoms. The van der Waals surface area contributed by atoms with Crippen LogP contribution in [0.25, 0.3) is 0 Å². The van der Waals surface area contributed by atoms with Crippen molar-refractivity contribution in [1.82, 2.24) is 4.90 Å². The predicted molar refractivity (Wildman–Crippen MR) is 109 cm³/mol. The molecule has 0 aliphatic carbocycles. The number of carbonyl (C=O) groups excluding carboxylic acids is 2. The van der Waals surface area contributed by atoms with E-state index in [0.717, 1.165) is 4.47 Å². The van der Waals surface area contributed by atoms with E-state index in [4.69, 9.17) is 9.15 Å². The van der Waals surface area contributed by atoms with Crippen molar-refractivity contribution < 1.29 is 27.2 Å². The van der Waals surface area contributed by atoms with E-state index in [0.29, 0.717) is 26.0 Å². The lowest BCUT2D eigenvalue weighted by Crippen LogP contribution is -2.42. The van der Waals surface area contributed by atoms with Gasteiger partial charge in [-0.05, 0) is 56.2 Å². The van der Waals surface area contributed by atoms with E-state index in [9.17, 15) is 18.0 Å². The zero-order chi connectivity index (χ0) is 21.0. The van der Waals surface area contributed by atoms with Gasteiger partial charge in [0.15, 0.2) is 15.6 Å². The number of hydrogen-bond donors (Lipinski definition) is 0. The summed E-state index contributed by atoms with van der Waals surface area (Å²) in [4.78, 5) is 26.4. The standard InChI is InChI=1S/C20H22BrNO6S/c1-2-27-20(24)14-4-3-11-22(12-14)19(23)18-10-7-16(28-18)13-29(25,26)17-8-5-15(21)6-9-17/h5-10,14H,2-4,11-13H2,1H3/t14-/m0/s1. The molecule has 1 amide bonds. The molecule has 7 nitrogen and oxygen atoms in total. The molecule has 1 aliphatic heterocycles. The van der Waals surface area contributed by atoms with Crippen LogP contribution >= 0.6 is 15.9 Å². The van der Waals surface area contributed by atoms with Crippen LogP contribution in [0.2, 0.25) is 0 Å². The summed E-state index contributed by atoms with van der Waals surface area (Å²) in [5, 5.41) is 0. The van der Waals surface area contributed by atoms with Gasteiger partial charge in [-0.3, -0.25) is 9.59 Å². The highest BCUT2D eigenvalue weighted by Gasteiger charge is 2.31. The van der Waals surface area contributed by atoms with Crippen LogP contribution in [0.3, 0.4) is 0 Å². The highest BCUT2D eigenvalue weighted by Crippen LogP contribution is 2.23. The Balaban J connectivity index is 1.68. The Morgan fingerprint density at radius 2 is 1.93 bits per heavy atom. The number of furan rings is 1. The van der Waals surface area contributed by atoms with E-state index >= 15 is 0 Å². The number of carbonyl (C=O) groups is 2. The summed E-state index contributed by atoms with van der Waals surface area (Å²) in [6.45, 7) is 2.83. The Morgan fingerprint density at radius 1 is 1.21 bits per heavy atom. The van der Waals surface area contributed by atoms with Crippen LogP contribution in [-0.2, 0) is 25.1 Å². The second-order valence-corrected chi connectivity index (χ2v) is 9.73. The van der Waals surface area contributed by atoms with Gasteiger partial charge < -0.3 is 14.1 Å². The molecule has 0 radical (unpaired) electrons. The van der Waals surface area contributed by atoms with Crippen molar-refractivity contribution in [1.29, 1.82) is 0 Å². The van der Waals surface area contributed by atoms with E-state index in [1.807, 2.05) is 0 Å². The Kier molecular flexibility index (Phi) is 6.79. The molecule has 156 valence electrons. The van der Waals surface area contributed by atoms with Gasteiger partial charge in [0.25, 0.3) is 5.91 Å². The molecule has 1 saturated heterocycles. The van der Waals surface area contributed by atoms with Crippen LogP contribution in [-0.4, -0.2) is 44.9 Å². The number of likely N-dealkylation sites (tertiary alicyclic amines) is 1. The van der Waals surface area contributed by atoms with E-state index in [2.05, 4.69) is 15.9 Å². The molecule has 0 unspecified atom stereocenters. The molecule has 1 aromatic carbocycles. The first-order chi connectivity index (χ1) is 13.8. The highest BCUT2D eigenvalue weighted by atomic mass is 79.9. The highest BCUT2D eigenvalue weighted by molar-refractivity contribution is 9.10. The monoisotopic (exact) mass is 483 g/mol. The molecule has 1 aromatic heterocycles. The Labute approximate surface area is 178 Å². The number of sulfone groups is 1. The van der Waals surface area contributed by atoms with Crippen LogP contribution in [0.4, 0.5) is 0 Å². The topological polar surface area (TPSA) is 93.9 Å². The molecule has 1 fully saturated rings. The summed E-state index contributed by atoms with van der Waals surface area (Å²) >= 11 is 3.27. The lowest BCUT2D eigenvalue weighted by molar-refractivity contribution is -0.149. The fourth-order valence-electron chi connectivity index (χ4n) is 3.25. The first kappa shape index (κ1) is 21.6. The van der Waals surface area contributed by atoms with Crippen LogP contribution in [0, 0.1) is 5.92 Å². The first-order valence-corrected chi connectivity index (χ1v) is 11.8. The minimum absolute atomic E-state index is 0.0653. The molecule has 0 bridgehead atoms. The van der Waals surface area contributed by atoms with Gasteiger partial charge in [-0.15, -0.1) is 0 Å². The van der Waals surface area contributed by atoms with Crippen molar-refractivity contribution in [3.05, 3.63) is 52.4 Å². The van der Waals surface area contributed by atoms with Gasteiger partial charge >= 0.3 is 5.97 Å². The van der Waals surface area contributed by atoms with Gasteiger partial charge in [-0.25, -0.2) is 8.42 Å². The number of ether oxygens (including phenoxy) is 1. The van der Waals surface area contributed by atoms with E-state index in [1.54, 1.807) is 24.0 Å². The molecule has 2 aromatic rings. The Hall–Kier alpha value is -2.13. The van der Waals surface area contributed by atoms with Gasteiger partial charge in [-0.1, -0.05) is 15.9 Å². The van der Waals surface area contributed by atoms with Crippen molar-refractivity contribution in [3.63, 3.8) is 0 Å². The predicted octanol–water partition coefficient (Wildman–Crippen LogP) is 3.43. The summed E-state index contributed by atoms with van der Waals surface area (Å²) in [6, 6.07) is 9.30. The van der Waals surface area contributed by atoms with Crippen LogP contribution < -0.4 is 0 Å². The van der Waals surface area contributed by atoms with Crippen molar-refractivity contribution >= 4 is 37.6 Å². The molecule has 2 heterocycles. The SMILES string of the molecule is CCOC(=O)[C@H]1CCCN(C(=O)c2ccc(CS(=O)(=O)c3ccc(Br)cc3)o2)C1. The van der Waals surface area contributed by atoms with Crippen molar-refractivity contribution in [2.45, 2.75) is 30.4 Å². The summed E-state index contributed by atoms with van der Waals surface area (Å²) in [7, 11) is -3.59. The third-order valence-electron chi connectivity index (χ3n) is 4.71. The fourth-order valence-corrected chi connectivity index (χ4v) is 4.76. The first-order valence-electron chi connectivity index (χ1n) is 9.33. The zero-order valence-corrected chi connectivity index (χ0v) is 18.4. The Bertz CT molecular complexity index is 983. The molecule has 9 heteroatoms. The number of halogens is 1. The number of hydrogen-bond acceptors (Lipinski definition) is 6. The molecule has 1 atom stereocenters. The molecular formula is C20H22BrNO6S. The van der Waals surface area contributed by atoms with Crippen LogP contribution in [0.1, 0.15) is 36.1 Å². The smallest absolute Gasteiger partial charge is 0.310 e. The van der Waals surface area contributed by atoms with Gasteiger partial charge in [0.2, 0.25) is 0 Å². The van der Waals surface area contributed by atoms with Crippen LogP contribution in [0.5, 0.6) is 0 Å². The number of rotatable bonds is 6. The minimum atomic E-state index is -3.59. The van der Waals surface area contributed by atoms with Gasteiger partial charge in [0, 0.05) is 17.6 Å². The number of benzene rings is 1. The molecule has 1 aliphatic rings. The molecule has 0 spiro atoms.